The molecule has 2 heteroatoms. The number of nitrogens with zero attached hydrogens (tertiary/aromatic N) is 2. The molecule has 1 heterocycles. The summed E-state index contributed by atoms with van der Waals surface area (Å²) in [5.41, 5.74) is 3.17. The number of aromatic nitrogens is 2. The molecular formula is C14H14N2. The fourth-order valence-electron chi connectivity index (χ4n) is 1.69. The van der Waals surface area contributed by atoms with Crippen LogP contribution in [0.2, 0.25) is 0 Å². The highest BCUT2D eigenvalue weighted by atomic mass is 15.3. The molecule has 1 aromatic carbocycles. The minimum atomic E-state index is 0.359. The molecular weight excluding hydrogens is 196 g/mol. The molecule has 0 atom stereocenters. The van der Waals surface area contributed by atoms with Gasteiger partial charge in [0.2, 0.25) is 0 Å². The lowest BCUT2D eigenvalue weighted by atomic mass is 10.1. The predicted molar refractivity (Wildman–Crippen MR) is 66.0 cm³/mol. The SMILES string of the molecule is C#Cc1ccc(-c2ccnn2C(C)C)cc1. The lowest BCUT2D eigenvalue weighted by Gasteiger charge is -2.10. The second-order valence-corrected chi connectivity index (χ2v) is 3.98. The van der Waals surface area contributed by atoms with Crippen molar-refractivity contribution in [2.24, 2.45) is 0 Å². The van der Waals surface area contributed by atoms with E-state index in [1.54, 1.807) is 0 Å². The van der Waals surface area contributed by atoms with Crippen LogP contribution in [0.5, 0.6) is 0 Å². The summed E-state index contributed by atoms with van der Waals surface area (Å²) in [6.45, 7) is 4.23. The van der Waals surface area contributed by atoms with Crippen LogP contribution in [0.25, 0.3) is 11.3 Å². The summed E-state index contributed by atoms with van der Waals surface area (Å²) in [6.07, 6.45) is 7.15. The highest BCUT2D eigenvalue weighted by Gasteiger charge is 2.07. The molecule has 16 heavy (non-hydrogen) atoms. The van der Waals surface area contributed by atoms with E-state index in [0.717, 1.165) is 16.8 Å². The molecule has 0 bridgehead atoms. The van der Waals surface area contributed by atoms with Gasteiger partial charge >= 0.3 is 0 Å². The van der Waals surface area contributed by atoms with Gasteiger partial charge in [0.1, 0.15) is 0 Å². The maximum absolute atomic E-state index is 5.33. The van der Waals surface area contributed by atoms with Crippen LogP contribution >= 0.6 is 0 Å². The largest absolute Gasteiger partial charge is 0.262 e. The summed E-state index contributed by atoms with van der Waals surface area (Å²) < 4.78 is 2.00. The first kappa shape index (κ1) is 10.5. The molecule has 0 saturated carbocycles. The zero-order valence-corrected chi connectivity index (χ0v) is 9.51. The molecule has 0 aliphatic rings. The fourth-order valence-corrected chi connectivity index (χ4v) is 1.69. The zero-order chi connectivity index (χ0) is 11.5. The lowest BCUT2D eigenvalue weighted by molar-refractivity contribution is 0.538. The van der Waals surface area contributed by atoms with Gasteiger partial charge in [-0.15, -0.1) is 6.42 Å². The van der Waals surface area contributed by atoms with Crippen LogP contribution in [0.15, 0.2) is 36.5 Å². The summed E-state index contributed by atoms with van der Waals surface area (Å²) in [7, 11) is 0. The Labute approximate surface area is 95.9 Å². The van der Waals surface area contributed by atoms with Crippen molar-refractivity contribution in [1.82, 2.24) is 9.78 Å². The van der Waals surface area contributed by atoms with E-state index in [9.17, 15) is 0 Å². The zero-order valence-electron chi connectivity index (χ0n) is 9.51. The third-order valence-corrected chi connectivity index (χ3v) is 2.51. The highest BCUT2D eigenvalue weighted by Crippen LogP contribution is 2.22. The maximum atomic E-state index is 5.33. The summed E-state index contributed by atoms with van der Waals surface area (Å²) in [4.78, 5) is 0. The quantitative estimate of drug-likeness (QED) is 0.696. The number of hydrogen-bond acceptors (Lipinski definition) is 1. The minimum Gasteiger partial charge on any atom is -0.262 e. The predicted octanol–water partition coefficient (Wildman–Crippen LogP) is 3.11. The minimum absolute atomic E-state index is 0.359. The van der Waals surface area contributed by atoms with Crippen LogP contribution < -0.4 is 0 Å². The molecule has 0 aliphatic carbocycles. The van der Waals surface area contributed by atoms with Crippen LogP contribution in [0.4, 0.5) is 0 Å². The Morgan fingerprint density at radius 2 is 1.88 bits per heavy atom. The molecule has 0 N–H and O–H groups in total. The van der Waals surface area contributed by atoms with Crippen LogP contribution in [0.1, 0.15) is 25.5 Å². The second-order valence-electron chi connectivity index (χ2n) is 3.98. The van der Waals surface area contributed by atoms with Crippen molar-refractivity contribution >= 4 is 0 Å². The number of benzene rings is 1. The number of rotatable bonds is 2. The van der Waals surface area contributed by atoms with Gasteiger partial charge in [-0.25, -0.2) is 0 Å². The Hall–Kier alpha value is -2.01. The van der Waals surface area contributed by atoms with E-state index in [2.05, 4.69) is 24.9 Å². The van der Waals surface area contributed by atoms with E-state index >= 15 is 0 Å². The van der Waals surface area contributed by atoms with Crippen LogP contribution in [0.3, 0.4) is 0 Å². The standard InChI is InChI=1S/C14H14N2/c1-4-12-5-7-13(8-6-12)14-9-10-15-16(14)11(2)3/h1,5-11H,2-3H3. The van der Waals surface area contributed by atoms with Gasteiger partial charge in [-0.1, -0.05) is 18.1 Å². The van der Waals surface area contributed by atoms with Gasteiger partial charge < -0.3 is 0 Å². The Kier molecular flexibility index (Phi) is 2.78. The third-order valence-electron chi connectivity index (χ3n) is 2.51. The number of hydrogen-bond donors (Lipinski definition) is 0. The molecule has 2 rings (SSSR count). The van der Waals surface area contributed by atoms with E-state index in [4.69, 9.17) is 6.42 Å². The normalized spacial score (nSPS) is 10.4. The first-order valence-corrected chi connectivity index (χ1v) is 5.33. The van der Waals surface area contributed by atoms with E-state index in [-0.39, 0.29) is 0 Å². The molecule has 1 aromatic heterocycles. The molecule has 0 amide bonds. The van der Waals surface area contributed by atoms with Crippen molar-refractivity contribution in [2.75, 3.05) is 0 Å². The van der Waals surface area contributed by atoms with Gasteiger partial charge in [-0.3, -0.25) is 4.68 Å². The third kappa shape index (κ3) is 1.85. The Morgan fingerprint density at radius 3 is 2.44 bits per heavy atom. The van der Waals surface area contributed by atoms with E-state index < -0.39 is 0 Å². The topological polar surface area (TPSA) is 17.8 Å². The summed E-state index contributed by atoms with van der Waals surface area (Å²) in [5.74, 6) is 2.61. The van der Waals surface area contributed by atoms with Gasteiger partial charge in [-0.05, 0) is 37.6 Å². The summed E-state index contributed by atoms with van der Waals surface area (Å²) in [6, 6.07) is 10.3. The lowest BCUT2D eigenvalue weighted by Crippen LogP contribution is -2.04. The second kappa shape index (κ2) is 4.24. The van der Waals surface area contributed by atoms with E-state index in [1.807, 2.05) is 41.2 Å². The fraction of sp³-hybridized carbons (Fsp3) is 0.214. The van der Waals surface area contributed by atoms with Gasteiger partial charge in [0, 0.05) is 17.8 Å². The monoisotopic (exact) mass is 210 g/mol. The maximum Gasteiger partial charge on any atom is 0.0685 e. The van der Waals surface area contributed by atoms with Crippen molar-refractivity contribution in [1.29, 1.82) is 0 Å². The van der Waals surface area contributed by atoms with Crippen molar-refractivity contribution in [3.05, 3.63) is 42.1 Å². The number of terminal acetylenes is 1. The van der Waals surface area contributed by atoms with Crippen molar-refractivity contribution in [3.63, 3.8) is 0 Å². The van der Waals surface area contributed by atoms with Crippen LogP contribution in [-0.4, -0.2) is 9.78 Å². The molecule has 2 aromatic rings. The average Bonchev–Trinajstić information content (AvgIpc) is 2.78. The van der Waals surface area contributed by atoms with Crippen molar-refractivity contribution in [2.45, 2.75) is 19.9 Å². The summed E-state index contributed by atoms with van der Waals surface area (Å²) >= 11 is 0. The average molecular weight is 210 g/mol. The molecule has 0 saturated heterocycles. The molecule has 0 unspecified atom stereocenters. The smallest absolute Gasteiger partial charge is 0.0685 e. The van der Waals surface area contributed by atoms with Crippen molar-refractivity contribution < 1.29 is 0 Å². The molecule has 80 valence electrons. The summed E-state index contributed by atoms with van der Waals surface area (Å²) in [5, 5.41) is 4.31. The first-order valence-electron chi connectivity index (χ1n) is 5.33. The highest BCUT2D eigenvalue weighted by molar-refractivity contribution is 5.60. The Bertz CT molecular complexity index is 512. The van der Waals surface area contributed by atoms with Crippen molar-refractivity contribution in [3.8, 4) is 23.6 Å². The molecule has 0 radical (unpaired) electrons. The van der Waals surface area contributed by atoms with Crippen LogP contribution in [-0.2, 0) is 0 Å². The van der Waals surface area contributed by atoms with Crippen LogP contribution in [0, 0.1) is 12.3 Å². The molecule has 0 spiro atoms. The Balaban J connectivity index is 2.43. The van der Waals surface area contributed by atoms with Gasteiger partial charge in [0.05, 0.1) is 5.69 Å². The van der Waals surface area contributed by atoms with E-state index in [1.165, 1.54) is 0 Å². The van der Waals surface area contributed by atoms with Gasteiger partial charge in [0.25, 0.3) is 0 Å². The van der Waals surface area contributed by atoms with E-state index in [0.29, 0.717) is 6.04 Å². The molecule has 2 nitrogen and oxygen atoms in total. The molecule has 0 fully saturated rings. The van der Waals surface area contributed by atoms with Gasteiger partial charge in [0.15, 0.2) is 0 Å². The molecule has 0 aliphatic heterocycles. The van der Waals surface area contributed by atoms with Gasteiger partial charge in [-0.2, -0.15) is 5.10 Å². The first-order chi connectivity index (χ1) is 7.72. The Morgan fingerprint density at radius 1 is 1.19 bits per heavy atom.